The van der Waals surface area contributed by atoms with Crippen molar-refractivity contribution >= 4 is 29.0 Å². The minimum atomic E-state index is -0.437. The Kier molecular flexibility index (Phi) is 3.96. The van der Waals surface area contributed by atoms with Crippen molar-refractivity contribution in [2.75, 3.05) is 11.1 Å². The van der Waals surface area contributed by atoms with Crippen LogP contribution in [-0.4, -0.2) is 26.3 Å². The first-order valence-corrected chi connectivity index (χ1v) is 6.13. The first-order chi connectivity index (χ1) is 9.11. The van der Waals surface area contributed by atoms with E-state index in [1.165, 1.54) is 6.07 Å². The van der Waals surface area contributed by atoms with Crippen molar-refractivity contribution < 1.29 is 4.79 Å². The van der Waals surface area contributed by atoms with E-state index in [-0.39, 0.29) is 16.7 Å². The van der Waals surface area contributed by atoms with Gasteiger partial charge < -0.3 is 11.1 Å². The summed E-state index contributed by atoms with van der Waals surface area (Å²) in [5, 5.41) is 16.8. The maximum absolute atomic E-state index is 12.0. The Bertz CT molecular complexity index is 579. The fourth-order valence-corrected chi connectivity index (χ4v) is 1.66. The molecule has 0 spiro atoms. The van der Waals surface area contributed by atoms with Crippen molar-refractivity contribution in [2.24, 2.45) is 0 Å². The molecule has 0 bridgehead atoms. The maximum Gasteiger partial charge on any atom is 0.279 e. The van der Waals surface area contributed by atoms with Crippen molar-refractivity contribution in [3.63, 3.8) is 0 Å². The van der Waals surface area contributed by atoms with Crippen molar-refractivity contribution in [3.05, 3.63) is 28.7 Å². The maximum atomic E-state index is 12.0. The molecule has 2 aromatic heterocycles. The van der Waals surface area contributed by atoms with Crippen LogP contribution in [0.15, 0.2) is 12.1 Å². The Morgan fingerprint density at radius 2 is 2.26 bits per heavy atom. The zero-order chi connectivity index (χ0) is 13.8. The summed E-state index contributed by atoms with van der Waals surface area (Å²) >= 11 is 5.60. The topological polar surface area (TPSA) is 110 Å². The number of nitrogen functional groups attached to an aromatic ring is 1. The normalized spacial score (nSPS) is 10.4. The van der Waals surface area contributed by atoms with Gasteiger partial charge in [-0.15, -0.1) is 10.2 Å². The van der Waals surface area contributed by atoms with Crippen molar-refractivity contribution in [1.29, 1.82) is 0 Å². The van der Waals surface area contributed by atoms with Crippen LogP contribution in [0.3, 0.4) is 0 Å². The lowest BCUT2D eigenvalue weighted by Gasteiger charge is -2.02. The van der Waals surface area contributed by atoms with Crippen LogP contribution < -0.4 is 11.1 Å². The highest BCUT2D eigenvalue weighted by molar-refractivity contribution is 6.29. The van der Waals surface area contributed by atoms with Gasteiger partial charge in [-0.3, -0.25) is 9.89 Å². The predicted octanol–water partition coefficient (Wildman–Crippen LogP) is 1.64. The van der Waals surface area contributed by atoms with Crippen molar-refractivity contribution in [1.82, 2.24) is 20.4 Å². The summed E-state index contributed by atoms with van der Waals surface area (Å²) < 4.78 is 0. The summed E-state index contributed by atoms with van der Waals surface area (Å²) in [5.41, 5.74) is 7.13. The summed E-state index contributed by atoms with van der Waals surface area (Å²) in [6, 6.07) is 3.07. The Morgan fingerprint density at radius 1 is 1.47 bits per heavy atom. The number of amides is 1. The molecule has 2 rings (SSSR count). The van der Waals surface area contributed by atoms with Crippen LogP contribution in [0.1, 0.15) is 29.5 Å². The number of halogens is 1. The van der Waals surface area contributed by atoms with Crippen LogP contribution in [0.4, 0.5) is 11.5 Å². The van der Waals surface area contributed by atoms with Gasteiger partial charge in [-0.25, -0.2) is 0 Å². The van der Waals surface area contributed by atoms with Crippen LogP contribution in [0.2, 0.25) is 5.15 Å². The molecule has 2 heterocycles. The molecule has 0 radical (unpaired) electrons. The first kappa shape index (κ1) is 13.3. The molecule has 19 heavy (non-hydrogen) atoms. The largest absolute Gasteiger partial charge is 0.395 e. The average molecular weight is 281 g/mol. The zero-order valence-corrected chi connectivity index (χ0v) is 11.0. The Morgan fingerprint density at radius 3 is 2.89 bits per heavy atom. The number of anilines is 2. The molecule has 7 nitrogen and oxygen atoms in total. The number of nitrogens with two attached hydrogens (primary N) is 1. The number of hydrogen-bond acceptors (Lipinski definition) is 5. The molecule has 8 heteroatoms. The molecule has 1 amide bonds. The third-order valence-corrected chi connectivity index (χ3v) is 2.67. The number of hydrogen-bond donors (Lipinski definition) is 3. The van der Waals surface area contributed by atoms with E-state index in [0.29, 0.717) is 5.69 Å². The Labute approximate surface area is 114 Å². The second kappa shape index (κ2) is 5.66. The molecule has 0 unspecified atom stereocenters. The fourth-order valence-electron chi connectivity index (χ4n) is 1.56. The third kappa shape index (κ3) is 3.00. The minimum Gasteiger partial charge on any atom is -0.395 e. The second-order valence-electron chi connectivity index (χ2n) is 3.91. The van der Waals surface area contributed by atoms with E-state index < -0.39 is 5.91 Å². The summed E-state index contributed by atoms with van der Waals surface area (Å²) in [5.74, 6) is -0.151. The van der Waals surface area contributed by atoms with E-state index in [9.17, 15) is 4.79 Å². The Hall–Kier alpha value is -2.15. The molecular formula is C11H13ClN6O. The van der Waals surface area contributed by atoms with Crippen LogP contribution in [0.25, 0.3) is 0 Å². The van der Waals surface area contributed by atoms with Crippen molar-refractivity contribution in [3.8, 4) is 0 Å². The van der Waals surface area contributed by atoms with E-state index in [1.54, 1.807) is 6.07 Å². The highest BCUT2D eigenvalue weighted by Crippen LogP contribution is 2.17. The van der Waals surface area contributed by atoms with Crippen molar-refractivity contribution in [2.45, 2.75) is 19.8 Å². The summed E-state index contributed by atoms with van der Waals surface area (Å²) in [7, 11) is 0. The van der Waals surface area contributed by atoms with Gasteiger partial charge in [0.25, 0.3) is 5.91 Å². The summed E-state index contributed by atoms with van der Waals surface area (Å²) in [6.07, 6.45) is 1.66. The van der Waals surface area contributed by atoms with E-state index in [0.717, 1.165) is 18.5 Å². The molecule has 2 aromatic rings. The molecule has 100 valence electrons. The van der Waals surface area contributed by atoms with Gasteiger partial charge in [-0.2, -0.15) is 5.10 Å². The van der Waals surface area contributed by atoms with Gasteiger partial charge in [0, 0.05) is 0 Å². The SMILES string of the molecule is CCCc1[nH]nc(C(=O)Nc2ccc(Cl)nn2)c1N. The number of aromatic amines is 1. The van der Waals surface area contributed by atoms with Gasteiger partial charge in [0.1, 0.15) is 0 Å². The number of carbonyl (C=O) groups excluding carboxylic acids is 1. The molecule has 0 saturated heterocycles. The van der Waals surface area contributed by atoms with Gasteiger partial charge >= 0.3 is 0 Å². The van der Waals surface area contributed by atoms with E-state index in [1.807, 2.05) is 6.92 Å². The van der Waals surface area contributed by atoms with E-state index in [2.05, 4.69) is 25.7 Å². The average Bonchev–Trinajstić information content (AvgIpc) is 2.75. The summed E-state index contributed by atoms with van der Waals surface area (Å²) in [4.78, 5) is 12.0. The fraction of sp³-hybridized carbons (Fsp3) is 0.273. The minimum absolute atomic E-state index is 0.153. The van der Waals surface area contributed by atoms with Gasteiger partial charge in [0.15, 0.2) is 16.7 Å². The van der Waals surface area contributed by atoms with Gasteiger partial charge in [0.2, 0.25) is 0 Å². The van der Waals surface area contributed by atoms with Gasteiger partial charge in [0.05, 0.1) is 11.4 Å². The quantitative estimate of drug-likeness (QED) is 0.788. The number of carbonyl (C=O) groups is 1. The molecule has 0 aromatic carbocycles. The number of H-pyrrole nitrogens is 1. The van der Waals surface area contributed by atoms with Gasteiger partial charge in [-0.05, 0) is 18.6 Å². The van der Waals surface area contributed by atoms with Crippen LogP contribution in [0.5, 0.6) is 0 Å². The molecular weight excluding hydrogens is 268 g/mol. The zero-order valence-electron chi connectivity index (χ0n) is 10.3. The van der Waals surface area contributed by atoms with Crippen LogP contribution in [0, 0.1) is 0 Å². The molecule has 0 fully saturated rings. The number of aryl methyl sites for hydroxylation is 1. The van der Waals surface area contributed by atoms with Crippen LogP contribution in [-0.2, 0) is 6.42 Å². The smallest absolute Gasteiger partial charge is 0.279 e. The van der Waals surface area contributed by atoms with Crippen LogP contribution >= 0.6 is 11.6 Å². The predicted molar refractivity (Wildman–Crippen MR) is 72.0 cm³/mol. The first-order valence-electron chi connectivity index (χ1n) is 5.75. The lowest BCUT2D eigenvalue weighted by Crippen LogP contribution is -2.15. The number of aromatic nitrogens is 4. The Balaban J connectivity index is 2.13. The highest BCUT2D eigenvalue weighted by atomic mass is 35.5. The lowest BCUT2D eigenvalue weighted by atomic mass is 10.2. The molecule has 0 saturated carbocycles. The lowest BCUT2D eigenvalue weighted by molar-refractivity contribution is 0.102. The number of nitrogens with one attached hydrogen (secondary N) is 2. The standard InChI is InChI=1S/C11H13ClN6O/c1-2-3-6-9(13)10(18-15-6)11(19)14-8-5-4-7(12)16-17-8/h4-5H,2-3,13H2,1H3,(H,15,18)(H,14,17,19). The van der Waals surface area contributed by atoms with Gasteiger partial charge in [-0.1, -0.05) is 24.9 Å². The highest BCUT2D eigenvalue weighted by Gasteiger charge is 2.17. The third-order valence-electron chi connectivity index (χ3n) is 2.47. The monoisotopic (exact) mass is 280 g/mol. The molecule has 0 aliphatic rings. The molecule has 0 aliphatic carbocycles. The molecule has 4 N–H and O–H groups in total. The molecule has 0 atom stereocenters. The van der Waals surface area contributed by atoms with E-state index in [4.69, 9.17) is 17.3 Å². The summed E-state index contributed by atoms with van der Waals surface area (Å²) in [6.45, 7) is 2.02. The second-order valence-corrected chi connectivity index (χ2v) is 4.30. The number of rotatable bonds is 4. The van der Waals surface area contributed by atoms with E-state index >= 15 is 0 Å². The number of nitrogens with zero attached hydrogens (tertiary/aromatic N) is 3. The molecule has 0 aliphatic heterocycles.